The zero-order chi connectivity index (χ0) is 18.1. The van der Waals surface area contributed by atoms with E-state index in [4.69, 9.17) is 9.47 Å². The van der Waals surface area contributed by atoms with Gasteiger partial charge < -0.3 is 19.7 Å². The van der Waals surface area contributed by atoms with Crippen LogP contribution in [0.3, 0.4) is 0 Å². The molecule has 1 heterocycles. The third-order valence-electron chi connectivity index (χ3n) is 4.26. The molecular weight excluding hydrogens is 330 g/mol. The standard InChI is InChI=1S/C21H17NO4/c1-25-19-11-18-16(20(23)21(19)24)10-14-9-15(7-8-17(14)22-18)26-12-13-5-3-2-4-6-13/h2-11,23-24H,12H2,1H3. The Morgan fingerprint density at radius 1 is 0.885 bits per heavy atom. The van der Waals surface area contributed by atoms with Crippen LogP contribution in [0.25, 0.3) is 21.8 Å². The number of pyridine rings is 1. The van der Waals surface area contributed by atoms with Gasteiger partial charge in [0.1, 0.15) is 12.4 Å². The van der Waals surface area contributed by atoms with E-state index in [1.165, 1.54) is 7.11 Å². The first-order valence-corrected chi connectivity index (χ1v) is 8.16. The molecule has 130 valence electrons. The van der Waals surface area contributed by atoms with Gasteiger partial charge in [0.05, 0.1) is 18.1 Å². The van der Waals surface area contributed by atoms with Crippen LogP contribution >= 0.6 is 0 Å². The number of rotatable bonds is 4. The van der Waals surface area contributed by atoms with Gasteiger partial charge in [-0.25, -0.2) is 4.98 Å². The lowest BCUT2D eigenvalue weighted by molar-refractivity contribution is 0.306. The molecule has 5 nitrogen and oxygen atoms in total. The van der Waals surface area contributed by atoms with Crippen molar-refractivity contribution in [2.24, 2.45) is 0 Å². The fourth-order valence-electron chi connectivity index (χ4n) is 2.89. The van der Waals surface area contributed by atoms with Crippen molar-refractivity contribution in [3.8, 4) is 23.0 Å². The van der Waals surface area contributed by atoms with E-state index in [0.717, 1.165) is 16.5 Å². The van der Waals surface area contributed by atoms with Crippen LogP contribution in [0.1, 0.15) is 5.56 Å². The summed E-state index contributed by atoms with van der Waals surface area (Å²) in [7, 11) is 1.43. The maximum Gasteiger partial charge on any atom is 0.201 e. The summed E-state index contributed by atoms with van der Waals surface area (Å²) in [5.74, 6) is 0.353. The van der Waals surface area contributed by atoms with Crippen molar-refractivity contribution in [3.63, 3.8) is 0 Å². The number of aromatic nitrogens is 1. The molecule has 4 rings (SSSR count). The van der Waals surface area contributed by atoms with E-state index in [9.17, 15) is 10.2 Å². The van der Waals surface area contributed by atoms with Crippen molar-refractivity contribution >= 4 is 21.8 Å². The van der Waals surface area contributed by atoms with Gasteiger partial charge in [0, 0.05) is 16.8 Å². The molecule has 0 saturated carbocycles. The molecule has 0 aliphatic rings. The summed E-state index contributed by atoms with van der Waals surface area (Å²) in [4.78, 5) is 4.54. The molecule has 0 bridgehead atoms. The van der Waals surface area contributed by atoms with Crippen LogP contribution in [0, 0.1) is 0 Å². The van der Waals surface area contributed by atoms with Crippen molar-refractivity contribution in [1.82, 2.24) is 4.98 Å². The van der Waals surface area contributed by atoms with Crippen molar-refractivity contribution in [1.29, 1.82) is 0 Å². The minimum absolute atomic E-state index is 0.185. The Morgan fingerprint density at radius 2 is 1.69 bits per heavy atom. The van der Waals surface area contributed by atoms with Crippen LogP contribution < -0.4 is 9.47 Å². The molecule has 4 aromatic rings. The highest BCUT2D eigenvalue weighted by Gasteiger charge is 2.14. The molecular formula is C21H17NO4. The molecule has 0 unspecified atom stereocenters. The minimum atomic E-state index is -0.294. The van der Waals surface area contributed by atoms with Crippen LogP contribution in [-0.4, -0.2) is 22.3 Å². The second-order valence-electron chi connectivity index (χ2n) is 5.96. The first-order chi connectivity index (χ1) is 12.7. The summed E-state index contributed by atoms with van der Waals surface area (Å²) in [6, 6.07) is 18.9. The Hall–Kier alpha value is -3.47. The van der Waals surface area contributed by atoms with Gasteiger partial charge in [-0.15, -0.1) is 0 Å². The average molecular weight is 347 g/mol. The van der Waals surface area contributed by atoms with Crippen LogP contribution in [0.4, 0.5) is 0 Å². The number of nitrogens with zero attached hydrogens (tertiary/aromatic N) is 1. The van der Waals surface area contributed by atoms with Crippen molar-refractivity contribution < 1.29 is 19.7 Å². The van der Waals surface area contributed by atoms with Gasteiger partial charge >= 0.3 is 0 Å². The molecule has 0 fully saturated rings. The third-order valence-corrected chi connectivity index (χ3v) is 4.26. The normalized spacial score (nSPS) is 11.0. The van der Waals surface area contributed by atoms with E-state index in [2.05, 4.69) is 4.98 Å². The number of phenols is 2. The first-order valence-electron chi connectivity index (χ1n) is 8.16. The zero-order valence-corrected chi connectivity index (χ0v) is 14.1. The van der Waals surface area contributed by atoms with Crippen molar-refractivity contribution in [2.45, 2.75) is 6.61 Å². The maximum atomic E-state index is 10.2. The number of benzene rings is 3. The summed E-state index contributed by atoms with van der Waals surface area (Å²) < 4.78 is 10.9. The van der Waals surface area contributed by atoms with E-state index in [0.29, 0.717) is 23.3 Å². The lowest BCUT2D eigenvalue weighted by atomic mass is 10.1. The number of phenolic OH excluding ortho intramolecular Hbond substituents is 2. The van der Waals surface area contributed by atoms with Crippen LogP contribution in [0.15, 0.2) is 60.7 Å². The number of methoxy groups -OCH3 is 1. The van der Waals surface area contributed by atoms with E-state index >= 15 is 0 Å². The monoisotopic (exact) mass is 347 g/mol. The largest absolute Gasteiger partial charge is 0.504 e. The molecule has 1 aromatic heterocycles. The molecule has 0 spiro atoms. The van der Waals surface area contributed by atoms with Gasteiger partial charge in [0.25, 0.3) is 0 Å². The predicted octanol–water partition coefficient (Wildman–Crippen LogP) is 4.39. The highest BCUT2D eigenvalue weighted by atomic mass is 16.5. The zero-order valence-electron chi connectivity index (χ0n) is 14.1. The highest BCUT2D eigenvalue weighted by molar-refractivity contribution is 5.98. The second kappa shape index (κ2) is 6.44. The smallest absolute Gasteiger partial charge is 0.201 e. The summed E-state index contributed by atoms with van der Waals surface area (Å²) in [5, 5.41) is 21.5. The Balaban J connectivity index is 1.73. The first kappa shape index (κ1) is 16.0. The van der Waals surface area contributed by atoms with E-state index in [-0.39, 0.29) is 17.2 Å². The van der Waals surface area contributed by atoms with Crippen LogP contribution in [-0.2, 0) is 6.61 Å². The van der Waals surface area contributed by atoms with Crippen molar-refractivity contribution in [2.75, 3.05) is 7.11 Å². The topological polar surface area (TPSA) is 71.8 Å². The molecule has 0 aliphatic carbocycles. The Morgan fingerprint density at radius 3 is 2.46 bits per heavy atom. The highest BCUT2D eigenvalue weighted by Crippen LogP contribution is 2.42. The van der Waals surface area contributed by atoms with Gasteiger partial charge in [0.2, 0.25) is 5.75 Å². The molecule has 3 aromatic carbocycles. The molecule has 0 radical (unpaired) electrons. The van der Waals surface area contributed by atoms with Crippen molar-refractivity contribution in [3.05, 3.63) is 66.2 Å². The predicted molar refractivity (Wildman–Crippen MR) is 99.9 cm³/mol. The number of hydrogen-bond donors (Lipinski definition) is 2. The summed E-state index contributed by atoms with van der Waals surface area (Å²) in [6.07, 6.45) is 0. The lowest BCUT2D eigenvalue weighted by Gasteiger charge is -2.10. The average Bonchev–Trinajstić information content (AvgIpc) is 2.68. The van der Waals surface area contributed by atoms with Gasteiger partial charge in [-0.1, -0.05) is 30.3 Å². The van der Waals surface area contributed by atoms with E-state index < -0.39 is 0 Å². The Labute approximate surface area is 150 Å². The molecule has 0 amide bonds. The van der Waals surface area contributed by atoms with Gasteiger partial charge in [0.15, 0.2) is 11.5 Å². The minimum Gasteiger partial charge on any atom is -0.504 e. The second-order valence-corrected chi connectivity index (χ2v) is 5.96. The molecule has 5 heteroatoms. The number of fused-ring (bicyclic) bond motifs is 2. The fourth-order valence-corrected chi connectivity index (χ4v) is 2.89. The fraction of sp³-hybridized carbons (Fsp3) is 0.0952. The van der Waals surface area contributed by atoms with Gasteiger partial charge in [-0.3, -0.25) is 0 Å². The number of hydrogen-bond acceptors (Lipinski definition) is 5. The van der Waals surface area contributed by atoms with E-state index in [1.54, 1.807) is 12.1 Å². The quantitative estimate of drug-likeness (QED) is 0.423. The third kappa shape index (κ3) is 2.84. The number of aromatic hydroxyl groups is 2. The number of ether oxygens (including phenoxy) is 2. The Bertz CT molecular complexity index is 1090. The molecule has 0 saturated heterocycles. The molecule has 0 aliphatic heterocycles. The van der Waals surface area contributed by atoms with Crippen LogP contribution in [0.2, 0.25) is 0 Å². The molecule has 0 atom stereocenters. The summed E-state index contributed by atoms with van der Waals surface area (Å²) in [6.45, 7) is 0.469. The van der Waals surface area contributed by atoms with Gasteiger partial charge in [-0.05, 0) is 29.8 Å². The molecule has 2 N–H and O–H groups in total. The summed E-state index contributed by atoms with van der Waals surface area (Å²) >= 11 is 0. The summed E-state index contributed by atoms with van der Waals surface area (Å²) in [5.41, 5.74) is 2.39. The Kier molecular flexibility index (Phi) is 3.97. The van der Waals surface area contributed by atoms with E-state index in [1.807, 2.05) is 48.5 Å². The SMILES string of the molecule is COc1cc2nc3ccc(OCc4ccccc4)cc3cc2c(O)c1O. The maximum absolute atomic E-state index is 10.2. The van der Waals surface area contributed by atoms with Crippen LogP contribution in [0.5, 0.6) is 23.0 Å². The van der Waals surface area contributed by atoms with Gasteiger partial charge in [-0.2, -0.15) is 0 Å². The lowest BCUT2D eigenvalue weighted by Crippen LogP contribution is -1.95. The molecule has 26 heavy (non-hydrogen) atoms.